The molecule has 0 aromatic heterocycles. The molecule has 9 aliphatic heterocycles. The van der Waals surface area contributed by atoms with Gasteiger partial charge in [0.2, 0.25) is 23.5 Å². The number of Topliss-reactive ketones (excluding diaryl/α,β-unsaturated/α-hetero) is 1. The van der Waals surface area contributed by atoms with E-state index in [2.05, 4.69) is 26.6 Å². The molecule has 11 rings (SSSR count). The van der Waals surface area contributed by atoms with E-state index in [-0.39, 0.29) is 93.2 Å². The largest absolute Gasteiger partial charge is 0.480 e. The first-order chi connectivity index (χ1) is 71.5. The van der Waals surface area contributed by atoms with Crippen LogP contribution in [0.3, 0.4) is 0 Å². The molecule has 2 aromatic carbocycles. The number of carboxylic acids is 1. The molecule has 45 atom stereocenters. The highest BCUT2D eigenvalue weighted by molar-refractivity contribution is 5.90. The molecule has 0 bridgehead atoms. The van der Waals surface area contributed by atoms with E-state index in [0.717, 1.165) is 20.8 Å². The molecule has 0 spiro atoms. The molecular formula is C89H137N5O56. The summed E-state index contributed by atoms with van der Waals surface area (Å²) in [6.07, 6.45) is -78.0. The minimum Gasteiger partial charge on any atom is -0.480 e. The number of aliphatic hydroxyl groups excluding tert-OH is 27. The Labute approximate surface area is 852 Å². The minimum absolute atomic E-state index is 0.000927. The summed E-state index contributed by atoms with van der Waals surface area (Å²) < 4.78 is 122. The minimum atomic E-state index is -2.13. The number of hydrogen-bond acceptors (Lipinski definition) is 55. The third-order valence-electron chi connectivity index (χ3n) is 26.0. The van der Waals surface area contributed by atoms with Crippen LogP contribution in [0.4, 0.5) is 0 Å². The van der Waals surface area contributed by atoms with Gasteiger partial charge in [0, 0.05) is 46.9 Å². The molecule has 0 saturated carbocycles. The molecule has 0 aliphatic carbocycles. The highest BCUT2D eigenvalue weighted by Crippen LogP contribution is 2.44. The van der Waals surface area contributed by atoms with Crippen LogP contribution in [0.15, 0.2) is 36.4 Å². The van der Waals surface area contributed by atoms with E-state index in [1.165, 1.54) is 36.4 Å². The van der Waals surface area contributed by atoms with Crippen LogP contribution < -0.4 is 40.8 Å². The molecule has 5 amide bonds. The summed E-state index contributed by atoms with van der Waals surface area (Å²) in [5.41, 5.74) is 0.0134. The summed E-state index contributed by atoms with van der Waals surface area (Å²) in [5, 5.41) is 313. The number of hydrogen-bond donors (Lipinski definition) is 33. The van der Waals surface area contributed by atoms with Crippen LogP contribution in [0.2, 0.25) is 0 Å². The fraction of sp³-hybridized carbons (Fsp3) is 0.787. The number of ketones is 1. The molecular weight excluding hydrogens is 2030 g/mol. The van der Waals surface area contributed by atoms with E-state index >= 15 is 0 Å². The van der Waals surface area contributed by atoms with E-state index in [9.17, 15) is 177 Å². The van der Waals surface area contributed by atoms with Gasteiger partial charge < -0.3 is 269 Å². The highest BCUT2D eigenvalue weighted by Gasteiger charge is 2.60. The Hall–Kier alpha value is -7.47. The normalized spacial score (nSPS) is 39.3. The Kier molecular flexibility index (Phi) is 47.0. The van der Waals surface area contributed by atoms with Crippen molar-refractivity contribution >= 4 is 41.3 Å². The van der Waals surface area contributed by atoms with E-state index in [0.29, 0.717) is 0 Å². The average Bonchev–Trinajstić information content (AvgIpc) is 0.771. The molecule has 61 nitrogen and oxygen atoms in total. The molecule has 9 saturated heterocycles. The number of rotatable bonds is 51. The van der Waals surface area contributed by atoms with Crippen molar-refractivity contribution in [1.82, 2.24) is 26.6 Å². The van der Waals surface area contributed by atoms with Gasteiger partial charge in [-0.3, -0.25) is 28.8 Å². The summed E-state index contributed by atoms with van der Waals surface area (Å²) in [7, 11) is 0. The number of carbonyl (C=O) groups is 7. The standard InChI is InChI=1S/C89H137N5O56/c1-32(104)92-52-61(116)74(145-87-70(125)77(58(113)44(23-98)139-87)148-84-67(122)64(119)55(110)41(20-95)136-84)47(26-101)142-81(52)130-14-5-4-11-38(107)29-135-73-39(133-30-50(108)90-12-7-15-131-82-53(93-33(2)105)62(117)75(48(27-102)143-82)146-88-71(126)78(59(114)45(24-99)140-88)149-85-68(123)65(120)56(111)42(21-96)137-85)18-37(35-9-6-10-36(17-35)80(128)129)19-40(73)134-31-51(109)91-13-8-16-132-83-54(94-34(3)106)63(118)76(49(28-103)144-83)147-89-72(127)79(60(115)46(25-100)141-89)150-86-69(124)66(121)57(112)43(22-97)138-86/h6,9-10,17-19,41-49,52-72,74-79,81-89,95-103,110-127H,4-5,7-8,11-16,20-31H2,1-3H3,(H,90,108)(H,91,109)(H,92,104)(H,93,105)(H,94,106)(H,128,129)/t41?,42?,43?,44?,45?,46?,47?,48?,49?,52?,53?,54?,55-,56-,57-,58-,59-,60-,61+,62+,63+,64-,65-,66-,67?,68?,69?,70?,71?,72?,74+,75+,76+,77-,78-,79-,81+,82+,83+,84+,85+,86+,87-,88-,89-/m0/s1. The molecule has 9 aliphatic rings. The van der Waals surface area contributed by atoms with Crippen LogP contribution in [0.1, 0.15) is 63.2 Å². The summed E-state index contributed by atoms with van der Waals surface area (Å²) >= 11 is 0. The number of ether oxygens (including phenoxy) is 21. The van der Waals surface area contributed by atoms with Gasteiger partial charge in [-0.1, -0.05) is 12.1 Å². The number of aromatic carboxylic acids is 1. The Morgan fingerprint density at radius 2 is 0.580 bits per heavy atom. The van der Waals surface area contributed by atoms with Crippen LogP contribution in [0.25, 0.3) is 11.1 Å². The van der Waals surface area contributed by atoms with Gasteiger partial charge in [-0.05, 0) is 61.1 Å². The van der Waals surface area contributed by atoms with Crippen molar-refractivity contribution in [2.45, 2.75) is 329 Å². The van der Waals surface area contributed by atoms with Crippen molar-refractivity contribution in [3.8, 4) is 28.4 Å². The van der Waals surface area contributed by atoms with Crippen LogP contribution >= 0.6 is 0 Å². The van der Waals surface area contributed by atoms with Gasteiger partial charge in [-0.2, -0.15) is 0 Å². The van der Waals surface area contributed by atoms with Gasteiger partial charge in [-0.15, -0.1) is 0 Å². The fourth-order valence-electron chi connectivity index (χ4n) is 17.9. The SMILES string of the molecule is CC(=O)NC1[C@H](OCCCCC(=O)COc2c(OCC(=O)NCCCO[C@@H]3OC(CO)[C@@H](O[C@@H]4OC(CO)[C@H](O)[C@H](O[C@H]5OC(CO)[C@H](O)[C@H](O)C5O)C4O)[C@H](O)C3NC(C)=O)cc(-c3cccc(C(=O)O)c3)cc2OCC(=O)NCCCO[C@@H]2OC(CO)[C@@H](O[C@@H]3OC(CO)[C@H](O)[C@H](O[C@H]4OC(CO)[C@H](O)[C@H](O)C4O)C3O)[C@H](O)C2NC(C)=O)OC(CO)[C@@H](O[C@@H]2OC(CO)[C@H](O)[C@H](O[C@H]3OC(CO)[C@H](O)[C@H](O)C3O)C2O)[C@@H]1O. The number of unbranched alkanes of at least 4 members (excludes halogenated alkanes) is 1. The Morgan fingerprint density at radius 1 is 0.293 bits per heavy atom. The predicted octanol–water partition coefficient (Wildman–Crippen LogP) is -18.2. The molecule has 2 aromatic rings. The Bertz CT molecular complexity index is 4380. The fourth-order valence-corrected chi connectivity index (χ4v) is 17.9. The smallest absolute Gasteiger partial charge is 0.335 e. The zero-order valence-electron chi connectivity index (χ0n) is 81.0. The van der Waals surface area contributed by atoms with Gasteiger partial charge in [0.25, 0.3) is 11.8 Å². The number of amides is 5. The molecule has 0 radical (unpaired) electrons. The predicted molar refractivity (Wildman–Crippen MR) is 479 cm³/mol. The molecule has 9 fully saturated rings. The zero-order chi connectivity index (χ0) is 110. The second-order valence-electron chi connectivity index (χ2n) is 36.7. The van der Waals surface area contributed by atoms with Crippen LogP contribution in [0, 0.1) is 0 Å². The van der Waals surface area contributed by atoms with Crippen molar-refractivity contribution in [2.24, 2.45) is 0 Å². The van der Waals surface area contributed by atoms with Crippen molar-refractivity contribution < 1.29 is 276 Å². The lowest BCUT2D eigenvalue weighted by Crippen LogP contribution is -2.68. The maximum atomic E-state index is 14.1. The van der Waals surface area contributed by atoms with Gasteiger partial charge >= 0.3 is 5.97 Å². The first-order valence-electron chi connectivity index (χ1n) is 48.2. The number of benzene rings is 2. The molecule has 61 heteroatoms. The van der Waals surface area contributed by atoms with Gasteiger partial charge in [0.15, 0.2) is 87.1 Å². The van der Waals surface area contributed by atoms with Crippen LogP contribution in [-0.4, -0.2) is 573 Å². The Balaban J connectivity index is 0.753. The topological polar surface area (TPSA) is 940 Å². The van der Waals surface area contributed by atoms with E-state index in [1.54, 1.807) is 0 Å². The number of aliphatic hydroxyl groups is 27. The summed E-state index contributed by atoms with van der Waals surface area (Å²) in [6, 6.07) is 3.20. The summed E-state index contributed by atoms with van der Waals surface area (Å²) in [5.74, 6) is -7.28. The van der Waals surface area contributed by atoms with Gasteiger partial charge in [0.05, 0.1) is 78.2 Å². The number of carbonyl (C=O) groups excluding carboxylic acids is 6. The van der Waals surface area contributed by atoms with E-state index in [4.69, 9.17) is 99.5 Å². The van der Waals surface area contributed by atoms with Crippen molar-refractivity contribution in [1.29, 1.82) is 0 Å². The monoisotopic (exact) mass is 2170 g/mol. The molecule has 150 heavy (non-hydrogen) atoms. The second-order valence-corrected chi connectivity index (χ2v) is 36.7. The third kappa shape index (κ3) is 30.5. The molecule has 18 unspecified atom stereocenters. The Morgan fingerprint density at radius 3 is 0.880 bits per heavy atom. The van der Waals surface area contributed by atoms with Gasteiger partial charge in [-0.25, -0.2) is 4.79 Å². The maximum Gasteiger partial charge on any atom is 0.335 e. The maximum absolute atomic E-state index is 14.1. The van der Waals surface area contributed by atoms with E-state index < -0.39 is 402 Å². The highest BCUT2D eigenvalue weighted by atomic mass is 16.8. The summed E-state index contributed by atoms with van der Waals surface area (Å²) in [4.78, 5) is 92.5. The first kappa shape index (κ1) is 123. The van der Waals surface area contributed by atoms with Crippen molar-refractivity contribution in [2.75, 3.05) is 112 Å². The second kappa shape index (κ2) is 57.5. The lowest BCUT2D eigenvalue weighted by Gasteiger charge is -2.48. The summed E-state index contributed by atoms with van der Waals surface area (Å²) in [6.45, 7) is -9.45. The third-order valence-corrected chi connectivity index (χ3v) is 26.0. The lowest BCUT2D eigenvalue weighted by atomic mass is 9.95. The van der Waals surface area contributed by atoms with Crippen LogP contribution in [0.5, 0.6) is 17.2 Å². The van der Waals surface area contributed by atoms with Crippen molar-refractivity contribution in [3.63, 3.8) is 0 Å². The average molecular weight is 2170 g/mol. The molecule has 33 N–H and O–H groups in total. The molecule has 854 valence electrons. The lowest BCUT2D eigenvalue weighted by molar-refractivity contribution is -0.376. The van der Waals surface area contributed by atoms with E-state index in [1.807, 2.05) is 0 Å². The number of nitrogens with one attached hydrogen (secondary N) is 5. The zero-order valence-corrected chi connectivity index (χ0v) is 81.0. The first-order valence-corrected chi connectivity index (χ1v) is 48.2. The van der Waals surface area contributed by atoms with Crippen molar-refractivity contribution in [3.05, 3.63) is 42.0 Å². The number of carboxylic acid groups (broad SMARTS) is 1. The molecule has 9 heterocycles. The van der Waals surface area contributed by atoms with Gasteiger partial charge in [0.1, 0.15) is 226 Å². The van der Waals surface area contributed by atoms with Crippen LogP contribution in [-0.2, 0) is 114 Å². The quantitative estimate of drug-likeness (QED) is 0.0274.